The monoisotopic (exact) mass is 175 g/mol. The van der Waals surface area contributed by atoms with Crippen LogP contribution in [0.25, 0.3) is 6.08 Å². The third-order valence-corrected chi connectivity index (χ3v) is 2.18. The molecule has 0 aromatic heterocycles. The van der Waals surface area contributed by atoms with E-state index < -0.39 is 0 Å². The Morgan fingerprint density at radius 3 is 3.23 bits per heavy atom. The molecule has 1 heterocycles. The first-order valence-corrected chi connectivity index (χ1v) is 4.53. The first-order valence-electron chi connectivity index (χ1n) is 4.53. The van der Waals surface area contributed by atoms with Crippen LogP contribution >= 0.6 is 0 Å². The van der Waals surface area contributed by atoms with Gasteiger partial charge in [0.25, 0.3) is 0 Å². The molecule has 0 spiro atoms. The zero-order chi connectivity index (χ0) is 9.10. The van der Waals surface area contributed by atoms with Crippen molar-refractivity contribution in [1.82, 2.24) is 0 Å². The second kappa shape index (κ2) is 3.62. The molecule has 0 atom stereocenters. The predicted molar refractivity (Wildman–Crippen MR) is 53.7 cm³/mol. The highest BCUT2D eigenvalue weighted by molar-refractivity contribution is 5.61. The summed E-state index contributed by atoms with van der Waals surface area (Å²) in [7, 11) is 0. The molecule has 2 N–H and O–H groups in total. The van der Waals surface area contributed by atoms with Gasteiger partial charge in [0.2, 0.25) is 0 Å². The van der Waals surface area contributed by atoms with Gasteiger partial charge in [-0.1, -0.05) is 30.4 Å². The second-order valence-electron chi connectivity index (χ2n) is 3.07. The largest absolute Gasteiger partial charge is 0.492 e. The van der Waals surface area contributed by atoms with Crippen LogP contribution in [0.3, 0.4) is 0 Å². The van der Waals surface area contributed by atoms with Crippen molar-refractivity contribution in [3.63, 3.8) is 0 Å². The summed E-state index contributed by atoms with van der Waals surface area (Å²) in [6.45, 7) is 1.38. The smallest absolute Gasteiger partial charge is 0.129 e. The summed E-state index contributed by atoms with van der Waals surface area (Å²) in [6, 6.07) is 6.22. The molecule has 2 rings (SSSR count). The van der Waals surface area contributed by atoms with Gasteiger partial charge in [-0.2, -0.15) is 0 Å². The first-order chi connectivity index (χ1) is 6.42. The Hall–Kier alpha value is -1.28. The van der Waals surface area contributed by atoms with Crippen molar-refractivity contribution in [3.8, 4) is 5.75 Å². The summed E-state index contributed by atoms with van der Waals surface area (Å²) in [5.74, 6) is 1.03. The molecule has 2 heteroatoms. The number of para-hydroxylation sites is 1. The van der Waals surface area contributed by atoms with Gasteiger partial charge >= 0.3 is 0 Å². The number of hydrogen-bond acceptors (Lipinski definition) is 2. The van der Waals surface area contributed by atoms with E-state index in [0.29, 0.717) is 6.54 Å². The Kier molecular flexibility index (Phi) is 2.32. The summed E-state index contributed by atoms with van der Waals surface area (Å²) < 4.78 is 5.53. The molecular formula is C11H13NO. The molecule has 0 saturated heterocycles. The zero-order valence-corrected chi connectivity index (χ0v) is 7.49. The average molecular weight is 175 g/mol. The number of rotatable bonds is 2. The SMILES string of the molecule is NC/C=C/c1cccc2c1OCC2. The van der Waals surface area contributed by atoms with Crippen LogP contribution < -0.4 is 10.5 Å². The maximum Gasteiger partial charge on any atom is 0.129 e. The molecule has 0 unspecified atom stereocenters. The van der Waals surface area contributed by atoms with Crippen LogP contribution in [-0.2, 0) is 6.42 Å². The predicted octanol–water partition coefficient (Wildman–Crippen LogP) is 1.59. The third-order valence-electron chi connectivity index (χ3n) is 2.18. The van der Waals surface area contributed by atoms with Crippen LogP contribution in [0.15, 0.2) is 24.3 Å². The van der Waals surface area contributed by atoms with Gasteiger partial charge in [-0.3, -0.25) is 0 Å². The minimum Gasteiger partial charge on any atom is -0.492 e. The highest BCUT2D eigenvalue weighted by Crippen LogP contribution is 2.29. The summed E-state index contributed by atoms with van der Waals surface area (Å²) in [4.78, 5) is 0. The van der Waals surface area contributed by atoms with Crippen molar-refractivity contribution in [1.29, 1.82) is 0 Å². The molecule has 2 nitrogen and oxygen atoms in total. The number of fused-ring (bicyclic) bond motifs is 1. The number of ether oxygens (including phenoxy) is 1. The molecule has 1 aliphatic heterocycles. The lowest BCUT2D eigenvalue weighted by Crippen LogP contribution is -1.92. The fraction of sp³-hybridized carbons (Fsp3) is 0.273. The summed E-state index contributed by atoms with van der Waals surface area (Å²) in [5.41, 5.74) is 7.84. The van der Waals surface area contributed by atoms with E-state index in [4.69, 9.17) is 10.5 Å². The highest BCUT2D eigenvalue weighted by Gasteiger charge is 2.13. The number of hydrogen-bond donors (Lipinski definition) is 1. The van der Waals surface area contributed by atoms with Gasteiger partial charge in [-0.15, -0.1) is 0 Å². The lowest BCUT2D eigenvalue weighted by Gasteiger charge is -2.02. The fourth-order valence-corrected chi connectivity index (χ4v) is 1.57. The van der Waals surface area contributed by atoms with E-state index >= 15 is 0 Å². The molecule has 0 saturated carbocycles. The Morgan fingerprint density at radius 1 is 1.46 bits per heavy atom. The van der Waals surface area contributed by atoms with Crippen LogP contribution in [0.2, 0.25) is 0 Å². The molecule has 0 fully saturated rings. The van der Waals surface area contributed by atoms with E-state index in [0.717, 1.165) is 24.3 Å². The molecule has 0 radical (unpaired) electrons. The summed E-state index contributed by atoms with van der Waals surface area (Å²) >= 11 is 0. The molecule has 1 aromatic rings. The van der Waals surface area contributed by atoms with Gasteiger partial charge in [0.05, 0.1) is 6.61 Å². The van der Waals surface area contributed by atoms with E-state index in [1.165, 1.54) is 5.56 Å². The van der Waals surface area contributed by atoms with Crippen molar-refractivity contribution in [2.75, 3.05) is 13.2 Å². The molecule has 1 aliphatic rings. The van der Waals surface area contributed by atoms with Gasteiger partial charge in [0.1, 0.15) is 5.75 Å². The molecule has 1 aromatic carbocycles. The number of nitrogens with two attached hydrogens (primary N) is 1. The number of benzene rings is 1. The van der Waals surface area contributed by atoms with Crippen molar-refractivity contribution in [3.05, 3.63) is 35.4 Å². The van der Waals surface area contributed by atoms with E-state index in [1.54, 1.807) is 0 Å². The third kappa shape index (κ3) is 1.58. The van der Waals surface area contributed by atoms with Crippen molar-refractivity contribution in [2.45, 2.75) is 6.42 Å². The Morgan fingerprint density at radius 2 is 2.38 bits per heavy atom. The quantitative estimate of drug-likeness (QED) is 0.740. The van der Waals surface area contributed by atoms with Crippen LogP contribution in [0, 0.1) is 0 Å². The van der Waals surface area contributed by atoms with Gasteiger partial charge < -0.3 is 10.5 Å². The second-order valence-corrected chi connectivity index (χ2v) is 3.07. The maximum atomic E-state index is 5.53. The van der Waals surface area contributed by atoms with Crippen molar-refractivity contribution < 1.29 is 4.74 Å². The van der Waals surface area contributed by atoms with E-state index in [9.17, 15) is 0 Å². The Bertz CT molecular complexity index is 331. The van der Waals surface area contributed by atoms with Crippen LogP contribution in [0.5, 0.6) is 5.75 Å². The molecule has 0 bridgehead atoms. The minimum absolute atomic E-state index is 0.573. The van der Waals surface area contributed by atoms with E-state index in [1.807, 2.05) is 12.2 Å². The molecule has 0 amide bonds. The Labute approximate surface area is 78.0 Å². The van der Waals surface area contributed by atoms with Gasteiger partial charge in [0.15, 0.2) is 0 Å². The average Bonchev–Trinajstić information content (AvgIpc) is 2.62. The summed E-state index contributed by atoms with van der Waals surface area (Å²) in [6.07, 6.45) is 4.99. The first kappa shape index (κ1) is 8.32. The highest BCUT2D eigenvalue weighted by atomic mass is 16.5. The molecule has 13 heavy (non-hydrogen) atoms. The molecular weight excluding hydrogens is 162 g/mol. The van der Waals surface area contributed by atoms with Gasteiger partial charge in [-0.25, -0.2) is 0 Å². The van der Waals surface area contributed by atoms with Crippen LogP contribution in [0.1, 0.15) is 11.1 Å². The van der Waals surface area contributed by atoms with Crippen LogP contribution in [-0.4, -0.2) is 13.2 Å². The van der Waals surface area contributed by atoms with Crippen molar-refractivity contribution >= 4 is 6.08 Å². The van der Waals surface area contributed by atoms with Gasteiger partial charge in [0, 0.05) is 18.5 Å². The molecule has 68 valence electrons. The molecule has 0 aliphatic carbocycles. The maximum absolute atomic E-state index is 5.53. The minimum atomic E-state index is 0.573. The van der Waals surface area contributed by atoms with E-state index in [2.05, 4.69) is 18.2 Å². The zero-order valence-electron chi connectivity index (χ0n) is 7.49. The standard InChI is InChI=1S/C11H13NO/c12-7-2-5-9-3-1-4-10-6-8-13-11(9)10/h1-5H,6-8,12H2/b5-2+. The van der Waals surface area contributed by atoms with Gasteiger partial charge in [-0.05, 0) is 5.56 Å². The lowest BCUT2D eigenvalue weighted by molar-refractivity contribution is 0.356. The van der Waals surface area contributed by atoms with Crippen molar-refractivity contribution in [2.24, 2.45) is 5.73 Å². The fourth-order valence-electron chi connectivity index (χ4n) is 1.57. The summed E-state index contributed by atoms with van der Waals surface area (Å²) in [5, 5.41) is 0. The lowest BCUT2D eigenvalue weighted by atomic mass is 10.1. The van der Waals surface area contributed by atoms with Crippen LogP contribution in [0.4, 0.5) is 0 Å². The van der Waals surface area contributed by atoms with E-state index in [-0.39, 0.29) is 0 Å². The topological polar surface area (TPSA) is 35.2 Å². The normalized spacial score (nSPS) is 14.5. The Balaban J connectivity index is 2.36.